The monoisotopic (exact) mass is 482 g/mol. The van der Waals surface area contributed by atoms with E-state index in [4.69, 9.17) is 0 Å². The molecule has 2 aromatic carbocycles. The van der Waals surface area contributed by atoms with Gasteiger partial charge in [-0.3, -0.25) is 23.7 Å². The van der Waals surface area contributed by atoms with Crippen molar-refractivity contribution in [1.29, 1.82) is 0 Å². The highest BCUT2D eigenvalue weighted by atomic mass is 16.2. The minimum absolute atomic E-state index is 0.0273. The lowest BCUT2D eigenvalue weighted by molar-refractivity contribution is -0.126. The third kappa shape index (κ3) is 5.15. The molecule has 0 atom stereocenters. The van der Waals surface area contributed by atoms with Gasteiger partial charge < -0.3 is 5.32 Å². The average Bonchev–Trinajstić information content (AvgIpc) is 2.93. The number of aromatic nitrogens is 3. The maximum atomic E-state index is 13.5. The molecule has 7 heteroatoms. The van der Waals surface area contributed by atoms with Gasteiger partial charge in [0.2, 0.25) is 5.91 Å². The number of carbonyl (C=O) groups excluding carboxylic acids is 1. The first-order valence-electron chi connectivity index (χ1n) is 12.5. The van der Waals surface area contributed by atoms with E-state index in [-0.39, 0.29) is 29.0 Å². The molecule has 7 nitrogen and oxygen atoms in total. The number of hydrogen-bond acceptors (Lipinski definition) is 4. The van der Waals surface area contributed by atoms with Gasteiger partial charge in [0.1, 0.15) is 0 Å². The van der Waals surface area contributed by atoms with Gasteiger partial charge in [-0.05, 0) is 60.9 Å². The van der Waals surface area contributed by atoms with Crippen LogP contribution in [0.3, 0.4) is 0 Å². The van der Waals surface area contributed by atoms with Crippen molar-refractivity contribution < 1.29 is 4.79 Å². The van der Waals surface area contributed by atoms with Gasteiger partial charge in [-0.2, -0.15) is 0 Å². The molecule has 184 valence electrons. The molecule has 0 aliphatic heterocycles. The van der Waals surface area contributed by atoms with Crippen molar-refractivity contribution in [1.82, 2.24) is 19.4 Å². The predicted molar refractivity (Wildman–Crippen MR) is 140 cm³/mol. The Labute approximate surface area is 209 Å². The van der Waals surface area contributed by atoms with Gasteiger partial charge in [0.25, 0.3) is 5.56 Å². The molecule has 0 unspecified atom stereocenters. The molecule has 4 aromatic rings. The number of pyridine rings is 1. The van der Waals surface area contributed by atoms with Crippen LogP contribution in [0.2, 0.25) is 0 Å². The highest BCUT2D eigenvalue weighted by Crippen LogP contribution is 2.29. The van der Waals surface area contributed by atoms with E-state index in [2.05, 4.69) is 10.3 Å². The SMILES string of the molecule is O=C(NCc1ccccc1)C1CCC(Cn2c(=O)c3ccccc3n(Cc3cccnc3)c2=O)CC1. The molecule has 1 N–H and O–H groups in total. The summed E-state index contributed by atoms with van der Waals surface area (Å²) in [4.78, 5) is 43.7. The summed E-state index contributed by atoms with van der Waals surface area (Å²) in [6.07, 6.45) is 6.58. The maximum absolute atomic E-state index is 13.5. The fourth-order valence-electron chi connectivity index (χ4n) is 5.15. The van der Waals surface area contributed by atoms with Crippen molar-refractivity contribution in [3.8, 4) is 0 Å². The standard InChI is InChI=1S/C29H30N4O3/c34-27(31-18-21-7-2-1-3-8-21)24-14-12-22(13-15-24)19-33-28(35)25-10-4-5-11-26(25)32(29(33)36)20-23-9-6-16-30-17-23/h1-11,16-17,22,24H,12-15,18-20H2,(H,31,34). The van der Waals surface area contributed by atoms with E-state index in [1.165, 1.54) is 4.57 Å². The average molecular weight is 483 g/mol. The van der Waals surface area contributed by atoms with Crippen LogP contribution in [0, 0.1) is 11.8 Å². The second-order valence-corrected chi connectivity index (χ2v) is 9.58. The number of rotatable bonds is 7. The van der Waals surface area contributed by atoms with Crippen LogP contribution in [0.4, 0.5) is 0 Å². The van der Waals surface area contributed by atoms with Crippen molar-refractivity contribution >= 4 is 16.8 Å². The summed E-state index contributed by atoms with van der Waals surface area (Å²) in [6, 6.07) is 20.9. The zero-order valence-corrected chi connectivity index (χ0v) is 20.2. The molecule has 36 heavy (non-hydrogen) atoms. The van der Waals surface area contributed by atoms with E-state index in [1.54, 1.807) is 23.0 Å². The molecule has 1 aliphatic rings. The Bertz CT molecular complexity index is 1450. The zero-order chi connectivity index (χ0) is 24.9. The number of benzene rings is 2. The largest absolute Gasteiger partial charge is 0.352 e. The Morgan fingerprint density at radius 1 is 0.861 bits per heavy atom. The molecule has 1 saturated carbocycles. The molecular formula is C29H30N4O3. The van der Waals surface area contributed by atoms with Crippen molar-refractivity contribution in [3.63, 3.8) is 0 Å². The lowest BCUT2D eigenvalue weighted by Crippen LogP contribution is -2.42. The zero-order valence-electron chi connectivity index (χ0n) is 20.2. The first-order valence-corrected chi connectivity index (χ1v) is 12.5. The quantitative estimate of drug-likeness (QED) is 0.435. The van der Waals surface area contributed by atoms with Crippen LogP contribution in [-0.2, 0) is 24.4 Å². The van der Waals surface area contributed by atoms with E-state index in [0.29, 0.717) is 30.5 Å². The van der Waals surface area contributed by atoms with E-state index in [9.17, 15) is 14.4 Å². The molecule has 1 aliphatic carbocycles. The third-order valence-corrected chi connectivity index (χ3v) is 7.16. The van der Waals surface area contributed by atoms with Crippen molar-refractivity contribution in [2.75, 3.05) is 0 Å². The lowest BCUT2D eigenvalue weighted by Gasteiger charge is -2.28. The number of carbonyl (C=O) groups is 1. The number of nitrogens with one attached hydrogen (secondary N) is 1. The van der Waals surface area contributed by atoms with Crippen molar-refractivity contribution in [2.45, 2.75) is 45.3 Å². The maximum Gasteiger partial charge on any atom is 0.331 e. The van der Waals surface area contributed by atoms with E-state index in [0.717, 1.165) is 36.8 Å². The minimum Gasteiger partial charge on any atom is -0.352 e. The molecule has 2 aromatic heterocycles. The van der Waals surface area contributed by atoms with Crippen LogP contribution < -0.4 is 16.6 Å². The fourth-order valence-corrected chi connectivity index (χ4v) is 5.15. The van der Waals surface area contributed by atoms with E-state index >= 15 is 0 Å². The molecule has 0 bridgehead atoms. The van der Waals surface area contributed by atoms with Gasteiger partial charge in [0, 0.05) is 31.4 Å². The lowest BCUT2D eigenvalue weighted by atomic mass is 9.81. The van der Waals surface area contributed by atoms with Crippen LogP contribution in [0.1, 0.15) is 36.8 Å². The summed E-state index contributed by atoms with van der Waals surface area (Å²) in [5, 5.41) is 3.59. The fraction of sp³-hybridized carbons (Fsp3) is 0.310. The highest BCUT2D eigenvalue weighted by molar-refractivity contribution is 5.79. The van der Waals surface area contributed by atoms with Gasteiger partial charge in [0.15, 0.2) is 0 Å². The number of amides is 1. The Balaban J connectivity index is 1.30. The Morgan fingerprint density at radius 2 is 1.58 bits per heavy atom. The van der Waals surface area contributed by atoms with Gasteiger partial charge in [0.05, 0.1) is 17.4 Å². The van der Waals surface area contributed by atoms with Crippen LogP contribution in [0.5, 0.6) is 0 Å². The van der Waals surface area contributed by atoms with Crippen molar-refractivity contribution in [2.24, 2.45) is 11.8 Å². The summed E-state index contributed by atoms with van der Waals surface area (Å²) in [7, 11) is 0. The molecule has 2 heterocycles. The number of hydrogen-bond donors (Lipinski definition) is 1. The first-order chi connectivity index (χ1) is 17.6. The van der Waals surface area contributed by atoms with Crippen LogP contribution in [0.15, 0.2) is 88.7 Å². The summed E-state index contributed by atoms with van der Waals surface area (Å²) in [6.45, 7) is 1.25. The molecule has 0 radical (unpaired) electrons. The summed E-state index contributed by atoms with van der Waals surface area (Å²) >= 11 is 0. The van der Waals surface area contributed by atoms with Crippen LogP contribution in [0.25, 0.3) is 10.9 Å². The Morgan fingerprint density at radius 3 is 2.33 bits per heavy atom. The summed E-state index contributed by atoms with van der Waals surface area (Å²) < 4.78 is 3.05. The highest BCUT2D eigenvalue weighted by Gasteiger charge is 2.27. The second-order valence-electron chi connectivity index (χ2n) is 9.58. The molecule has 0 saturated heterocycles. The summed E-state index contributed by atoms with van der Waals surface area (Å²) in [5.74, 6) is 0.237. The normalized spacial score (nSPS) is 17.7. The van der Waals surface area contributed by atoms with Gasteiger partial charge in [-0.15, -0.1) is 0 Å². The molecular weight excluding hydrogens is 452 g/mol. The van der Waals surface area contributed by atoms with Crippen molar-refractivity contribution in [3.05, 3.63) is 111 Å². The number of fused-ring (bicyclic) bond motifs is 1. The number of para-hydroxylation sites is 1. The number of nitrogens with zero attached hydrogens (tertiary/aromatic N) is 3. The van der Waals surface area contributed by atoms with Gasteiger partial charge in [-0.1, -0.05) is 48.5 Å². The summed E-state index contributed by atoms with van der Waals surface area (Å²) in [5.41, 5.74) is 2.06. The van der Waals surface area contributed by atoms with E-state index in [1.807, 2.05) is 60.7 Å². The molecule has 1 amide bonds. The molecule has 0 spiro atoms. The first kappa shape index (κ1) is 23.7. The van der Waals surface area contributed by atoms with Crippen LogP contribution in [-0.4, -0.2) is 20.0 Å². The topological polar surface area (TPSA) is 86.0 Å². The molecule has 5 rings (SSSR count). The van der Waals surface area contributed by atoms with Crippen LogP contribution >= 0.6 is 0 Å². The van der Waals surface area contributed by atoms with E-state index < -0.39 is 0 Å². The molecule has 1 fully saturated rings. The Hall–Kier alpha value is -4.00. The van der Waals surface area contributed by atoms with Gasteiger partial charge in [-0.25, -0.2) is 4.79 Å². The van der Waals surface area contributed by atoms with Gasteiger partial charge >= 0.3 is 5.69 Å². The Kier molecular flexibility index (Phi) is 7.07. The predicted octanol–water partition coefficient (Wildman–Crippen LogP) is 3.73. The second kappa shape index (κ2) is 10.7. The third-order valence-electron chi connectivity index (χ3n) is 7.16. The smallest absolute Gasteiger partial charge is 0.331 e. The minimum atomic E-state index is -0.301.